The lowest BCUT2D eigenvalue weighted by Crippen LogP contribution is -2.39. The number of methoxy groups -OCH3 is 1. The Hall–Kier alpha value is -1.10. The summed E-state index contributed by atoms with van der Waals surface area (Å²) >= 11 is 0. The number of likely N-dealkylation sites (tertiary alicyclic amines) is 1. The van der Waals surface area contributed by atoms with Crippen LogP contribution in [0.5, 0.6) is 5.75 Å². The SMILES string of the molecule is COc1ccccc1C(O)CN1CCCC1CN(C)C. The highest BCUT2D eigenvalue weighted by Crippen LogP contribution is 2.27. The Labute approximate surface area is 122 Å². The van der Waals surface area contributed by atoms with E-state index in [0.29, 0.717) is 12.6 Å². The molecule has 20 heavy (non-hydrogen) atoms. The van der Waals surface area contributed by atoms with Crippen molar-refractivity contribution in [2.75, 3.05) is 40.8 Å². The van der Waals surface area contributed by atoms with Gasteiger partial charge in [-0.15, -0.1) is 0 Å². The zero-order valence-corrected chi connectivity index (χ0v) is 12.7. The summed E-state index contributed by atoms with van der Waals surface area (Å²) in [5, 5.41) is 10.5. The van der Waals surface area contributed by atoms with Crippen LogP contribution in [0.1, 0.15) is 24.5 Å². The largest absolute Gasteiger partial charge is 0.496 e. The third kappa shape index (κ3) is 3.72. The minimum absolute atomic E-state index is 0.492. The topological polar surface area (TPSA) is 35.9 Å². The molecule has 1 aromatic rings. The van der Waals surface area contributed by atoms with Gasteiger partial charge in [-0.25, -0.2) is 0 Å². The molecule has 2 atom stereocenters. The number of hydrogen-bond acceptors (Lipinski definition) is 4. The van der Waals surface area contributed by atoms with Gasteiger partial charge in [0.1, 0.15) is 5.75 Å². The molecule has 4 heteroatoms. The summed E-state index contributed by atoms with van der Waals surface area (Å²) in [6.07, 6.45) is 1.95. The first kappa shape index (κ1) is 15.3. The molecular weight excluding hydrogens is 252 g/mol. The van der Waals surface area contributed by atoms with Crippen LogP contribution >= 0.6 is 0 Å². The molecule has 2 unspecified atom stereocenters. The lowest BCUT2D eigenvalue weighted by molar-refractivity contribution is 0.0961. The van der Waals surface area contributed by atoms with E-state index in [1.165, 1.54) is 12.8 Å². The molecule has 0 aliphatic carbocycles. The molecular formula is C16H26N2O2. The van der Waals surface area contributed by atoms with E-state index in [2.05, 4.69) is 23.9 Å². The highest BCUT2D eigenvalue weighted by molar-refractivity contribution is 5.35. The molecule has 0 radical (unpaired) electrons. The number of aliphatic hydroxyl groups is 1. The predicted octanol–water partition coefficient (Wildman–Crippen LogP) is 1.75. The maximum atomic E-state index is 10.5. The van der Waals surface area contributed by atoms with Crippen LogP contribution in [0, 0.1) is 0 Å². The molecule has 0 saturated carbocycles. The second kappa shape index (κ2) is 7.07. The van der Waals surface area contributed by atoms with E-state index < -0.39 is 6.10 Å². The summed E-state index contributed by atoms with van der Waals surface area (Å²) in [4.78, 5) is 4.62. The van der Waals surface area contributed by atoms with E-state index in [1.54, 1.807) is 7.11 Å². The molecule has 0 spiro atoms. The van der Waals surface area contributed by atoms with Gasteiger partial charge in [-0.2, -0.15) is 0 Å². The van der Waals surface area contributed by atoms with Crippen molar-refractivity contribution in [1.82, 2.24) is 9.80 Å². The van der Waals surface area contributed by atoms with Crippen LogP contribution in [0.2, 0.25) is 0 Å². The van der Waals surface area contributed by atoms with Crippen LogP contribution < -0.4 is 4.74 Å². The molecule has 0 bridgehead atoms. The van der Waals surface area contributed by atoms with E-state index in [0.717, 1.165) is 24.4 Å². The van der Waals surface area contributed by atoms with Gasteiger partial charge in [-0.1, -0.05) is 18.2 Å². The van der Waals surface area contributed by atoms with Gasteiger partial charge < -0.3 is 14.7 Å². The number of likely N-dealkylation sites (N-methyl/N-ethyl adjacent to an activating group) is 1. The Bertz CT molecular complexity index is 423. The third-order valence-electron chi connectivity index (χ3n) is 3.98. The van der Waals surface area contributed by atoms with Crippen molar-refractivity contribution in [3.05, 3.63) is 29.8 Å². The summed E-state index contributed by atoms with van der Waals surface area (Å²) in [6.45, 7) is 2.81. The van der Waals surface area contributed by atoms with Crippen LogP contribution in [0.3, 0.4) is 0 Å². The first-order chi connectivity index (χ1) is 9.61. The average Bonchev–Trinajstić information content (AvgIpc) is 2.85. The van der Waals surface area contributed by atoms with Gasteiger partial charge in [0.2, 0.25) is 0 Å². The van der Waals surface area contributed by atoms with Crippen molar-refractivity contribution in [2.24, 2.45) is 0 Å². The fourth-order valence-electron chi connectivity index (χ4n) is 3.03. The molecule has 112 valence electrons. The normalized spacial score (nSPS) is 21.4. The van der Waals surface area contributed by atoms with Crippen LogP contribution in [-0.2, 0) is 0 Å². The molecule has 1 saturated heterocycles. The number of para-hydroxylation sites is 1. The Morgan fingerprint density at radius 2 is 2.15 bits per heavy atom. The van der Waals surface area contributed by atoms with E-state index in [1.807, 2.05) is 24.3 Å². The second-order valence-corrected chi connectivity index (χ2v) is 5.81. The lowest BCUT2D eigenvalue weighted by atomic mass is 10.1. The molecule has 1 aliphatic heterocycles. The van der Waals surface area contributed by atoms with Gasteiger partial charge in [-0.3, -0.25) is 4.90 Å². The minimum Gasteiger partial charge on any atom is -0.496 e. The highest BCUT2D eigenvalue weighted by atomic mass is 16.5. The number of benzene rings is 1. The Balaban J connectivity index is 2.01. The third-order valence-corrected chi connectivity index (χ3v) is 3.98. The first-order valence-corrected chi connectivity index (χ1v) is 7.31. The van der Waals surface area contributed by atoms with E-state index >= 15 is 0 Å². The monoisotopic (exact) mass is 278 g/mol. The van der Waals surface area contributed by atoms with Gasteiger partial charge in [0, 0.05) is 24.7 Å². The molecule has 1 heterocycles. The van der Waals surface area contributed by atoms with Crippen molar-refractivity contribution >= 4 is 0 Å². The Morgan fingerprint density at radius 3 is 2.85 bits per heavy atom. The number of aliphatic hydroxyl groups excluding tert-OH is 1. The van der Waals surface area contributed by atoms with Crippen LogP contribution in [0.15, 0.2) is 24.3 Å². The van der Waals surface area contributed by atoms with Crippen molar-refractivity contribution in [1.29, 1.82) is 0 Å². The quantitative estimate of drug-likeness (QED) is 0.860. The summed E-state index contributed by atoms with van der Waals surface area (Å²) < 4.78 is 5.34. The molecule has 4 nitrogen and oxygen atoms in total. The lowest BCUT2D eigenvalue weighted by Gasteiger charge is -2.29. The molecule has 1 fully saturated rings. The zero-order valence-electron chi connectivity index (χ0n) is 12.7. The summed E-state index contributed by atoms with van der Waals surface area (Å²) in [6, 6.07) is 8.28. The Kier molecular flexibility index (Phi) is 5.40. The van der Waals surface area contributed by atoms with Gasteiger partial charge in [-0.05, 0) is 39.5 Å². The summed E-state index contributed by atoms with van der Waals surface area (Å²) in [5.74, 6) is 0.767. The molecule has 0 aromatic heterocycles. The summed E-state index contributed by atoms with van der Waals surface area (Å²) in [7, 11) is 5.86. The maximum absolute atomic E-state index is 10.5. The number of β-amino-alcohol motifs (C(OH)–C–C–N with tert-alkyl or cyclic N) is 1. The van der Waals surface area contributed by atoms with Gasteiger partial charge in [0.05, 0.1) is 13.2 Å². The highest BCUT2D eigenvalue weighted by Gasteiger charge is 2.27. The first-order valence-electron chi connectivity index (χ1n) is 7.31. The van der Waals surface area contributed by atoms with E-state index in [9.17, 15) is 5.11 Å². The number of nitrogens with zero attached hydrogens (tertiary/aromatic N) is 2. The predicted molar refractivity (Wildman–Crippen MR) is 81.1 cm³/mol. The number of hydrogen-bond donors (Lipinski definition) is 1. The van der Waals surface area contributed by atoms with Crippen molar-refractivity contribution in [3.8, 4) is 5.75 Å². The summed E-state index contributed by atoms with van der Waals surface area (Å²) in [5.41, 5.74) is 0.880. The average molecular weight is 278 g/mol. The fraction of sp³-hybridized carbons (Fsp3) is 0.625. The number of ether oxygens (including phenoxy) is 1. The van der Waals surface area contributed by atoms with E-state index in [4.69, 9.17) is 4.74 Å². The number of rotatable bonds is 6. The van der Waals surface area contributed by atoms with Crippen molar-refractivity contribution in [3.63, 3.8) is 0 Å². The van der Waals surface area contributed by atoms with Crippen LogP contribution in [0.4, 0.5) is 0 Å². The zero-order chi connectivity index (χ0) is 14.5. The molecule has 2 rings (SSSR count). The smallest absolute Gasteiger partial charge is 0.124 e. The van der Waals surface area contributed by atoms with Gasteiger partial charge >= 0.3 is 0 Å². The van der Waals surface area contributed by atoms with Crippen LogP contribution in [-0.4, -0.2) is 61.8 Å². The second-order valence-electron chi connectivity index (χ2n) is 5.81. The Morgan fingerprint density at radius 1 is 1.40 bits per heavy atom. The van der Waals surface area contributed by atoms with Crippen LogP contribution in [0.25, 0.3) is 0 Å². The molecule has 1 aliphatic rings. The molecule has 0 amide bonds. The van der Waals surface area contributed by atoms with Gasteiger partial charge in [0.25, 0.3) is 0 Å². The van der Waals surface area contributed by atoms with Crippen molar-refractivity contribution < 1.29 is 9.84 Å². The fourth-order valence-corrected chi connectivity index (χ4v) is 3.03. The standard InChI is InChI=1S/C16H26N2O2/c1-17(2)11-13-7-6-10-18(13)12-15(19)14-8-4-5-9-16(14)20-3/h4-5,8-9,13,15,19H,6-7,10-12H2,1-3H3. The maximum Gasteiger partial charge on any atom is 0.124 e. The van der Waals surface area contributed by atoms with Gasteiger partial charge in [0.15, 0.2) is 0 Å². The molecule has 1 aromatic carbocycles. The molecule has 1 N–H and O–H groups in total. The minimum atomic E-state index is -0.492. The van der Waals surface area contributed by atoms with Crippen molar-refractivity contribution in [2.45, 2.75) is 25.0 Å². The van der Waals surface area contributed by atoms with E-state index in [-0.39, 0.29) is 0 Å².